The average Bonchev–Trinajstić information content (AvgIpc) is 2.65. The molecule has 1 fully saturated rings. The second kappa shape index (κ2) is 8.37. The van der Waals surface area contributed by atoms with Crippen molar-refractivity contribution < 1.29 is 14.5 Å². The number of halogens is 1. The quantitative estimate of drug-likeness (QED) is 0.590. The highest BCUT2D eigenvalue weighted by Crippen LogP contribution is 2.28. The van der Waals surface area contributed by atoms with Crippen LogP contribution in [0.3, 0.4) is 0 Å². The van der Waals surface area contributed by atoms with E-state index in [2.05, 4.69) is 10.6 Å². The topological polar surface area (TPSA) is 105 Å². The zero-order chi connectivity index (χ0) is 20.3. The van der Waals surface area contributed by atoms with Crippen LogP contribution in [0, 0.1) is 17.0 Å². The summed E-state index contributed by atoms with van der Waals surface area (Å²) in [5.74, 6) is -0.661. The van der Waals surface area contributed by atoms with Crippen molar-refractivity contribution >= 4 is 34.8 Å². The molecule has 0 aromatic heterocycles. The number of nitrogens with zero attached hydrogens (tertiary/aromatic N) is 2. The fourth-order valence-electron chi connectivity index (χ4n) is 3.08. The SMILES string of the molecule is Cc1cccc([N+](=O)[O-])c1NC(=O)CN1CNC(c2ccc(Cl)cc2)CC1=O. The Labute approximate surface area is 166 Å². The molecule has 1 unspecified atom stereocenters. The van der Waals surface area contributed by atoms with Crippen molar-refractivity contribution in [1.29, 1.82) is 0 Å². The van der Waals surface area contributed by atoms with Crippen molar-refractivity contribution in [1.82, 2.24) is 10.2 Å². The van der Waals surface area contributed by atoms with Crippen LogP contribution in [-0.2, 0) is 9.59 Å². The number of carbonyl (C=O) groups excluding carboxylic acids is 2. The van der Waals surface area contributed by atoms with Gasteiger partial charge in [0, 0.05) is 23.6 Å². The Balaban J connectivity index is 1.62. The predicted molar refractivity (Wildman–Crippen MR) is 105 cm³/mol. The molecule has 2 amide bonds. The minimum absolute atomic E-state index is 0.147. The number of para-hydroxylation sites is 1. The standard InChI is InChI=1S/C19H19ClN4O4/c1-12-3-2-4-16(24(27)28)19(12)22-17(25)10-23-11-21-15(9-18(23)26)13-5-7-14(20)8-6-13/h2-8,15,21H,9-11H2,1H3,(H,22,25). The molecule has 0 radical (unpaired) electrons. The Morgan fingerprint density at radius 1 is 1.32 bits per heavy atom. The van der Waals surface area contributed by atoms with Gasteiger partial charge in [-0.25, -0.2) is 0 Å². The van der Waals surface area contributed by atoms with Gasteiger partial charge in [0.15, 0.2) is 0 Å². The molecule has 3 rings (SSSR count). The number of nitro groups is 1. The molecular formula is C19H19ClN4O4. The Morgan fingerprint density at radius 3 is 2.68 bits per heavy atom. The van der Waals surface area contributed by atoms with Crippen molar-refractivity contribution in [2.45, 2.75) is 19.4 Å². The number of nitro benzene ring substituents is 1. The number of benzene rings is 2. The van der Waals surface area contributed by atoms with Crippen LogP contribution >= 0.6 is 11.6 Å². The van der Waals surface area contributed by atoms with E-state index >= 15 is 0 Å². The molecule has 0 aliphatic carbocycles. The Morgan fingerprint density at radius 2 is 2.04 bits per heavy atom. The van der Waals surface area contributed by atoms with Crippen molar-refractivity contribution in [2.75, 3.05) is 18.5 Å². The van der Waals surface area contributed by atoms with Crippen molar-refractivity contribution in [2.24, 2.45) is 0 Å². The first-order valence-electron chi connectivity index (χ1n) is 8.65. The molecule has 2 aromatic rings. The fraction of sp³-hybridized carbons (Fsp3) is 0.263. The van der Waals surface area contributed by atoms with Crippen LogP contribution in [0.2, 0.25) is 5.02 Å². The lowest BCUT2D eigenvalue weighted by molar-refractivity contribution is -0.384. The summed E-state index contributed by atoms with van der Waals surface area (Å²) in [5, 5.41) is 17.6. The molecule has 146 valence electrons. The molecule has 1 saturated heterocycles. The van der Waals surface area contributed by atoms with E-state index in [1.165, 1.54) is 11.0 Å². The first-order chi connectivity index (χ1) is 13.3. The summed E-state index contributed by atoms with van der Waals surface area (Å²) in [6, 6.07) is 11.6. The molecule has 2 aromatic carbocycles. The van der Waals surface area contributed by atoms with Crippen molar-refractivity contribution in [3.8, 4) is 0 Å². The van der Waals surface area contributed by atoms with Crippen LogP contribution < -0.4 is 10.6 Å². The molecule has 9 heteroatoms. The van der Waals surface area contributed by atoms with E-state index in [4.69, 9.17) is 11.6 Å². The van der Waals surface area contributed by atoms with Gasteiger partial charge < -0.3 is 10.2 Å². The molecule has 8 nitrogen and oxygen atoms in total. The number of amides is 2. The highest BCUT2D eigenvalue weighted by atomic mass is 35.5. The van der Waals surface area contributed by atoms with Gasteiger partial charge >= 0.3 is 0 Å². The van der Waals surface area contributed by atoms with Gasteiger partial charge in [-0.1, -0.05) is 35.9 Å². The minimum Gasteiger partial charge on any atom is -0.321 e. The first-order valence-corrected chi connectivity index (χ1v) is 9.03. The molecule has 0 saturated carbocycles. The van der Waals surface area contributed by atoms with Crippen molar-refractivity contribution in [3.63, 3.8) is 0 Å². The van der Waals surface area contributed by atoms with Crippen LogP contribution in [0.25, 0.3) is 0 Å². The van der Waals surface area contributed by atoms with Crippen LogP contribution in [0.4, 0.5) is 11.4 Å². The third-order valence-corrected chi connectivity index (χ3v) is 4.83. The normalized spacial score (nSPS) is 16.7. The van der Waals surface area contributed by atoms with Gasteiger partial charge in [-0.2, -0.15) is 0 Å². The number of nitrogens with one attached hydrogen (secondary N) is 2. The fourth-order valence-corrected chi connectivity index (χ4v) is 3.20. The van der Waals surface area contributed by atoms with Crippen LogP contribution in [0.15, 0.2) is 42.5 Å². The zero-order valence-electron chi connectivity index (χ0n) is 15.1. The van der Waals surface area contributed by atoms with Crippen molar-refractivity contribution in [3.05, 3.63) is 68.7 Å². The number of hydrogen-bond donors (Lipinski definition) is 2. The summed E-state index contributed by atoms with van der Waals surface area (Å²) < 4.78 is 0. The Kier molecular flexibility index (Phi) is 5.91. The number of hydrogen-bond acceptors (Lipinski definition) is 5. The summed E-state index contributed by atoms with van der Waals surface area (Å²) in [6.07, 6.45) is 0.208. The maximum atomic E-state index is 12.4. The van der Waals surface area contributed by atoms with E-state index in [0.29, 0.717) is 10.6 Å². The second-order valence-electron chi connectivity index (χ2n) is 6.54. The molecule has 28 heavy (non-hydrogen) atoms. The van der Waals surface area contributed by atoms with E-state index in [-0.39, 0.29) is 43.0 Å². The highest BCUT2D eigenvalue weighted by molar-refractivity contribution is 6.30. The van der Waals surface area contributed by atoms with Gasteiger partial charge in [0.05, 0.1) is 11.6 Å². The average molecular weight is 403 g/mol. The molecule has 0 spiro atoms. The van der Waals surface area contributed by atoms with E-state index in [1.807, 2.05) is 12.1 Å². The van der Waals surface area contributed by atoms with E-state index < -0.39 is 10.8 Å². The van der Waals surface area contributed by atoms with Gasteiger partial charge in [-0.05, 0) is 30.2 Å². The summed E-state index contributed by atoms with van der Waals surface area (Å²) in [5.41, 5.74) is 1.49. The summed E-state index contributed by atoms with van der Waals surface area (Å²) in [7, 11) is 0. The third kappa shape index (κ3) is 4.47. The lowest BCUT2D eigenvalue weighted by Crippen LogP contribution is -2.49. The number of anilines is 1. The van der Waals surface area contributed by atoms with E-state index in [9.17, 15) is 19.7 Å². The minimum atomic E-state index is -0.549. The lowest BCUT2D eigenvalue weighted by atomic mass is 10.0. The number of aryl methyl sites for hydroxylation is 1. The number of carbonyl (C=O) groups is 2. The van der Waals surface area contributed by atoms with E-state index in [1.54, 1.807) is 31.2 Å². The molecular weight excluding hydrogens is 384 g/mol. The number of rotatable bonds is 5. The smallest absolute Gasteiger partial charge is 0.293 e. The maximum absolute atomic E-state index is 12.4. The highest BCUT2D eigenvalue weighted by Gasteiger charge is 2.28. The Hall–Kier alpha value is -2.97. The Bertz CT molecular complexity index is 917. The summed E-state index contributed by atoms with van der Waals surface area (Å²) in [4.78, 5) is 36.8. The zero-order valence-corrected chi connectivity index (χ0v) is 15.9. The van der Waals surface area contributed by atoms with E-state index in [0.717, 1.165) is 5.56 Å². The molecule has 1 atom stereocenters. The van der Waals surface area contributed by atoms with Gasteiger partial charge in [-0.15, -0.1) is 0 Å². The monoisotopic (exact) mass is 402 g/mol. The second-order valence-corrected chi connectivity index (χ2v) is 6.97. The molecule has 0 bridgehead atoms. The van der Waals surface area contributed by atoms with Crippen LogP contribution in [0.1, 0.15) is 23.6 Å². The molecule has 1 aliphatic heterocycles. The van der Waals surface area contributed by atoms with Gasteiger partial charge in [0.2, 0.25) is 11.8 Å². The lowest BCUT2D eigenvalue weighted by Gasteiger charge is -2.32. The molecule has 1 aliphatic rings. The van der Waals surface area contributed by atoms with Crippen LogP contribution in [-0.4, -0.2) is 34.9 Å². The largest absolute Gasteiger partial charge is 0.321 e. The summed E-state index contributed by atoms with van der Waals surface area (Å²) in [6.45, 7) is 1.69. The summed E-state index contributed by atoms with van der Waals surface area (Å²) >= 11 is 5.89. The van der Waals surface area contributed by atoms with Gasteiger partial charge in [0.1, 0.15) is 12.2 Å². The predicted octanol–water partition coefficient (Wildman–Crippen LogP) is 3.02. The van der Waals surface area contributed by atoms with Crippen LogP contribution in [0.5, 0.6) is 0 Å². The first kappa shape index (κ1) is 19.8. The molecule has 2 N–H and O–H groups in total. The van der Waals surface area contributed by atoms with Gasteiger partial charge in [0.25, 0.3) is 5.69 Å². The van der Waals surface area contributed by atoms with Gasteiger partial charge in [-0.3, -0.25) is 25.0 Å². The molecule has 1 heterocycles. The maximum Gasteiger partial charge on any atom is 0.293 e. The third-order valence-electron chi connectivity index (χ3n) is 4.58.